The van der Waals surface area contributed by atoms with Crippen LogP contribution < -0.4 is 0 Å². The van der Waals surface area contributed by atoms with Crippen LogP contribution in [0.25, 0.3) is 0 Å². The predicted molar refractivity (Wildman–Crippen MR) is 154 cm³/mol. The molecule has 5 aliphatic rings. The van der Waals surface area contributed by atoms with Crippen molar-refractivity contribution in [3.63, 3.8) is 0 Å². The number of fused-ring (bicyclic) bond motifs is 7. The van der Waals surface area contributed by atoms with Gasteiger partial charge in [0.25, 0.3) is 0 Å². The molecule has 5 rings (SSSR count). The van der Waals surface area contributed by atoms with Crippen LogP contribution in [0.4, 0.5) is 0 Å². The quantitative estimate of drug-likeness (QED) is 0.318. The Morgan fingerprint density at radius 1 is 0.949 bits per heavy atom. The summed E-state index contributed by atoms with van der Waals surface area (Å²) < 4.78 is 5.38. The monoisotopic (exact) mass is 539 g/mol. The zero-order chi connectivity index (χ0) is 29.6. The van der Waals surface area contributed by atoms with Crippen molar-refractivity contribution < 1.29 is 19.1 Å². The fourth-order valence-electron chi connectivity index (χ4n) is 10.1. The first-order valence-electron chi connectivity index (χ1n) is 15.6. The lowest BCUT2D eigenvalue weighted by molar-refractivity contribution is -0.196. The number of carbonyl (C=O) groups is 3. The molecule has 0 N–H and O–H groups in total. The van der Waals surface area contributed by atoms with Crippen molar-refractivity contribution in [3.8, 4) is 6.07 Å². The standard InChI is InChI=1S/C30H41NO4.2C2H6/c1-17-19-7-9-28(4)20-8-10-30(26(34)35-6)12-11-27(2,3)15-21(30)24(20)22(32)13-23(28)29(19,5)14-18(16-31)25(17)33;2*1-2/h14,17,19-21,23-24H,7-13,15H2,1-6H3;2*1-2H3. The first kappa shape index (κ1) is 31.6. The van der Waals surface area contributed by atoms with E-state index in [0.717, 1.165) is 44.9 Å². The van der Waals surface area contributed by atoms with Gasteiger partial charge in [-0.2, -0.15) is 5.26 Å². The van der Waals surface area contributed by atoms with E-state index in [0.29, 0.717) is 12.2 Å². The van der Waals surface area contributed by atoms with Crippen LogP contribution >= 0.6 is 0 Å². The second-order valence-corrected chi connectivity index (χ2v) is 13.9. The van der Waals surface area contributed by atoms with Crippen molar-refractivity contribution in [2.45, 2.75) is 114 Å². The Bertz CT molecular complexity index is 1050. The molecule has 0 aromatic carbocycles. The Balaban J connectivity index is 0.00000100. The molecular weight excluding hydrogens is 486 g/mol. The Labute approximate surface area is 237 Å². The third-order valence-electron chi connectivity index (χ3n) is 11.9. The average Bonchev–Trinajstić information content (AvgIpc) is 2.93. The molecule has 9 atom stereocenters. The molecule has 4 fully saturated rings. The minimum Gasteiger partial charge on any atom is -0.469 e. The number of Topliss-reactive ketones (excluding diaryl/α,β-unsaturated/α-hetero) is 2. The van der Waals surface area contributed by atoms with Crippen molar-refractivity contribution in [2.24, 2.45) is 57.2 Å². The minimum absolute atomic E-state index is 0.0327. The fraction of sp³-hybridized carbons (Fsp3) is 0.824. The van der Waals surface area contributed by atoms with E-state index in [4.69, 9.17) is 4.74 Å². The molecule has 5 nitrogen and oxygen atoms in total. The summed E-state index contributed by atoms with van der Waals surface area (Å²) in [6.07, 6.45) is 8.72. The number of hydrogen-bond acceptors (Lipinski definition) is 5. The van der Waals surface area contributed by atoms with Gasteiger partial charge in [-0.1, -0.05) is 68.4 Å². The van der Waals surface area contributed by atoms with Crippen LogP contribution in [-0.4, -0.2) is 24.6 Å². The summed E-state index contributed by atoms with van der Waals surface area (Å²) in [5.74, 6) is 0.397. The van der Waals surface area contributed by atoms with Crippen LogP contribution in [0.3, 0.4) is 0 Å². The van der Waals surface area contributed by atoms with Crippen LogP contribution in [0.5, 0.6) is 0 Å². The summed E-state index contributed by atoms with van der Waals surface area (Å²) in [7, 11) is 1.49. The summed E-state index contributed by atoms with van der Waals surface area (Å²) >= 11 is 0. The molecule has 0 aliphatic heterocycles. The Morgan fingerprint density at radius 2 is 1.56 bits per heavy atom. The average molecular weight is 540 g/mol. The molecule has 5 heteroatoms. The first-order chi connectivity index (χ1) is 18.3. The molecule has 9 unspecified atom stereocenters. The Kier molecular flexibility index (Phi) is 9.01. The van der Waals surface area contributed by atoms with Gasteiger partial charge in [0.05, 0.1) is 18.1 Å². The van der Waals surface area contributed by atoms with Crippen LogP contribution in [0, 0.1) is 68.5 Å². The maximum absolute atomic E-state index is 14.2. The molecular formula is C34H53NO4. The number of allylic oxidation sites excluding steroid dienone is 2. The van der Waals surface area contributed by atoms with Gasteiger partial charge in [-0.25, -0.2) is 0 Å². The molecule has 218 valence electrons. The summed E-state index contributed by atoms with van der Waals surface area (Å²) in [6, 6.07) is 2.16. The molecule has 39 heavy (non-hydrogen) atoms. The van der Waals surface area contributed by atoms with Gasteiger partial charge in [-0.3, -0.25) is 14.4 Å². The number of nitrogens with zero attached hydrogens (tertiary/aromatic N) is 1. The molecule has 0 aromatic heterocycles. The van der Waals surface area contributed by atoms with Crippen LogP contribution in [-0.2, 0) is 19.1 Å². The van der Waals surface area contributed by atoms with Crippen LogP contribution in [0.2, 0.25) is 0 Å². The normalized spacial score (nSPS) is 43.7. The van der Waals surface area contributed by atoms with Gasteiger partial charge in [-0.15, -0.1) is 0 Å². The summed E-state index contributed by atoms with van der Waals surface area (Å²) in [5.41, 5.74) is -0.544. The van der Waals surface area contributed by atoms with Gasteiger partial charge in [0.15, 0.2) is 5.78 Å². The number of carbonyl (C=O) groups excluding carboxylic acids is 3. The van der Waals surface area contributed by atoms with E-state index < -0.39 is 5.41 Å². The van der Waals surface area contributed by atoms with Crippen molar-refractivity contribution in [1.29, 1.82) is 5.26 Å². The van der Waals surface area contributed by atoms with Gasteiger partial charge >= 0.3 is 5.97 Å². The van der Waals surface area contributed by atoms with Crippen molar-refractivity contribution in [1.82, 2.24) is 0 Å². The Morgan fingerprint density at radius 3 is 2.15 bits per heavy atom. The number of methoxy groups -OCH3 is 1. The third-order valence-corrected chi connectivity index (χ3v) is 11.9. The molecule has 0 aromatic rings. The maximum Gasteiger partial charge on any atom is 0.312 e. The largest absolute Gasteiger partial charge is 0.469 e. The number of esters is 1. The highest BCUT2D eigenvalue weighted by Crippen LogP contribution is 2.70. The van der Waals surface area contributed by atoms with Gasteiger partial charge in [-0.05, 0) is 84.9 Å². The second kappa shape index (κ2) is 11.1. The minimum atomic E-state index is -0.537. The first-order valence-corrected chi connectivity index (χ1v) is 15.6. The molecule has 0 heterocycles. The van der Waals surface area contributed by atoms with Crippen molar-refractivity contribution in [2.75, 3.05) is 7.11 Å². The van der Waals surface area contributed by atoms with E-state index in [1.54, 1.807) is 0 Å². The van der Waals surface area contributed by atoms with Gasteiger partial charge in [0.1, 0.15) is 11.9 Å². The third kappa shape index (κ3) is 4.62. The molecule has 0 bridgehead atoms. The SMILES string of the molecule is CC.CC.COC(=O)C12CCC3C(C(=O)CC4C5(C)C=C(C#N)C(=O)C(C)C5CCC34C)C1CC(C)(C)CC2. The number of ketones is 2. The lowest BCUT2D eigenvalue weighted by Crippen LogP contribution is -2.64. The fourth-order valence-corrected chi connectivity index (χ4v) is 10.1. The van der Waals surface area contributed by atoms with E-state index in [2.05, 4.69) is 33.8 Å². The molecule has 0 spiro atoms. The van der Waals surface area contributed by atoms with Gasteiger partial charge in [0, 0.05) is 18.3 Å². The molecule has 4 saturated carbocycles. The van der Waals surface area contributed by atoms with E-state index >= 15 is 0 Å². The van der Waals surface area contributed by atoms with E-state index in [1.807, 2.05) is 40.7 Å². The summed E-state index contributed by atoms with van der Waals surface area (Å²) in [5, 5.41) is 9.72. The molecule has 0 radical (unpaired) electrons. The highest BCUT2D eigenvalue weighted by Gasteiger charge is 2.68. The van der Waals surface area contributed by atoms with E-state index in [-0.39, 0.29) is 69.1 Å². The lowest BCUT2D eigenvalue weighted by Gasteiger charge is -2.66. The Hall–Kier alpha value is -1.96. The second-order valence-electron chi connectivity index (χ2n) is 13.9. The smallest absolute Gasteiger partial charge is 0.312 e. The highest BCUT2D eigenvalue weighted by atomic mass is 16.5. The van der Waals surface area contributed by atoms with Crippen molar-refractivity contribution >= 4 is 17.5 Å². The number of nitriles is 1. The zero-order valence-electron chi connectivity index (χ0n) is 26.3. The predicted octanol–water partition coefficient (Wildman–Crippen LogP) is 7.73. The molecule has 0 saturated heterocycles. The van der Waals surface area contributed by atoms with E-state index in [9.17, 15) is 19.6 Å². The van der Waals surface area contributed by atoms with Gasteiger partial charge < -0.3 is 4.74 Å². The number of rotatable bonds is 1. The highest BCUT2D eigenvalue weighted by molar-refractivity contribution is 6.01. The van der Waals surface area contributed by atoms with Gasteiger partial charge in [0.2, 0.25) is 0 Å². The van der Waals surface area contributed by atoms with Crippen LogP contribution in [0.15, 0.2) is 11.6 Å². The van der Waals surface area contributed by atoms with Crippen LogP contribution in [0.1, 0.15) is 114 Å². The summed E-state index contributed by atoms with van der Waals surface area (Å²) in [4.78, 5) is 40.2. The van der Waals surface area contributed by atoms with Crippen molar-refractivity contribution in [3.05, 3.63) is 11.6 Å². The zero-order valence-corrected chi connectivity index (χ0v) is 26.3. The molecule has 0 amide bonds. The number of hydrogen-bond donors (Lipinski definition) is 0. The molecule has 5 aliphatic carbocycles. The van der Waals surface area contributed by atoms with E-state index in [1.165, 1.54) is 7.11 Å². The lowest BCUT2D eigenvalue weighted by atomic mass is 9.36. The number of ether oxygens (including phenoxy) is 1. The summed E-state index contributed by atoms with van der Waals surface area (Å²) in [6.45, 7) is 19.1. The maximum atomic E-state index is 14.2. The topological polar surface area (TPSA) is 84.2 Å².